The van der Waals surface area contributed by atoms with Crippen molar-refractivity contribution in [1.82, 2.24) is 15.5 Å². The molecule has 3 rings (SSSR count). The Morgan fingerprint density at radius 1 is 1.56 bits per heavy atom. The summed E-state index contributed by atoms with van der Waals surface area (Å²) >= 11 is 1.73. The standard InChI is InChI=1S/C13H17N3OS/c1-9-4-5-14-11(7-9)13-15-12(16-17-13)8-10-3-2-6-18-10/h2-3,6,9,11,14H,4-5,7-8H2,1H3. The molecular weight excluding hydrogens is 246 g/mol. The van der Waals surface area contributed by atoms with Crippen LogP contribution in [-0.2, 0) is 6.42 Å². The number of hydrogen-bond acceptors (Lipinski definition) is 5. The lowest BCUT2D eigenvalue weighted by Gasteiger charge is -2.25. The van der Waals surface area contributed by atoms with Gasteiger partial charge in [-0.2, -0.15) is 4.98 Å². The molecule has 0 spiro atoms. The van der Waals surface area contributed by atoms with E-state index in [-0.39, 0.29) is 6.04 Å². The van der Waals surface area contributed by atoms with Crippen molar-refractivity contribution in [2.45, 2.75) is 32.2 Å². The molecule has 3 heterocycles. The highest BCUT2D eigenvalue weighted by Crippen LogP contribution is 2.26. The maximum absolute atomic E-state index is 5.38. The van der Waals surface area contributed by atoms with E-state index in [1.807, 2.05) is 6.07 Å². The lowest BCUT2D eigenvalue weighted by Crippen LogP contribution is -2.30. The van der Waals surface area contributed by atoms with Crippen molar-refractivity contribution >= 4 is 11.3 Å². The molecular formula is C13H17N3OS. The van der Waals surface area contributed by atoms with E-state index in [1.165, 1.54) is 11.3 Å². The Hall–Kier alpha value is -1.20. The van der Waals surface area contributed by atoms with Crippen molar-refractivity contribution in [1.29, 1.82) is 0 Å². The SMILES string of the molecule is CC1CCNC(c2nc(Cc3cccs3)no2)C1. The smallest absolute Gasteiger partial charge is 0.243 e. The van der Waals surface area contributed by atoms with Gasteiger partial charge in [-0.3, -0.25) is 0 Å². The summed E-state index contributed by atoms with van der Waals surface area (Å²) in [7, 11) is 0. The van der Waals surface area contributed by atoms with Crippen molar-refractivity contribution in [2.24, 2.45) is 5.92 Å². The van der Waals surface area contributed by atoms with Gasteiger partial charge in [0, 0.05) is 11.3 Å². The number of nitrogens with zero attached hydrogens (tertiary/aromatic N) is 2. The van der Waals surface area contributed by atoms with E-state index < -0.39 is 0 Å². The maximum Gasteiger partial charge on any atom is 0.243 e. The zero-order valence-electron chi connectivity index (χ0n) is 10.4. The summed E-state index contributed by atoms with van der Waals surface area (Å²) in [5.41, 5.74) is 0. The Morgan fingerprint density at radius 2 is 2.50 bits per heavy atom. The van der Waals surface area contributed by atoms with E-state index in [1.54, 1.807) is 11.3 Å². The van der Waals surface area contributed by atoms with E-state index in [2.05, 4.69) is 33.8 Å². The first kappa shape index (κ1) is 11.9. The van der Waals surface area contributed by atoms with Crippen LogP contribution in [0.2, 0.25) is 0 Å². The average Bonchev–Trinajstić information content (AvgIpc) is 3.01. The van der Waals surface area contributed by atoms with Crippen LogP contribution in [0.1, 0.15) is 42.4 Å². The first-order chi connectivity index (χ1) is 8.81. The van der Waals surface area contributed by atoms with Crippen molar-refractivity contribution in [2.75, 3.05) is 6.54 Å². The summed E-state index contributed by atoms with van der Waals surface area (Å²) in [5.74, 6) is 2.25. The summed E-state index contributed by atoms with van der Waals surface area (Å²) in [6, 6.07) is 4.38. The molecule has 2 aromatic rings. The highest BCUT2D eigenvalue weighted by molar-refractivity contribution is 7.09. The van der Waals surface area contributed by atoms with Crippen LogP contribution < -0.4 is 5.32 Å². The number of aromatic nitrogens is 2. The monoisotopic (exact) mass is 263 g/mol. The second-order valence-corrected chi connectivity index (χ2v) is 5.97. The first-order valence-electron chi connectivity index (χ1n) is 6.39. The Labute approximate surface area is 110 Å². The predicted molar refractivity (Wildman–Crippen MR) is 70.6 cm³/mol. The molecule has 1 aliphatic heterocycles. The van der Waals surface area contributed by atoms with E-state index in [9.17, 15) is 0 Å². The van der Waals surface area contributed by atoms with E-state index in [4.69, 9.17) is 4.52 Å². The van der Waals surface area contributed by atoms with Crippen LogP contribution in [0.4, 0.5) is 0 Å². The molecule has 0 saturated carbocycles. The van der Waals surface area contributed by atoms with Crippen molar-refractivity contribution in [3.63, 3.8) is 0 Å². The Bertz CT molecular complexity index is 494. The Morgan fingerprint density at radius 3 is 3.28 bits per heavy atom. The largest absolute Gasteiger partial charge is 0.338 e. The molecule has 2 unspecified atom stereocenters. The number of hydrogen-bond donors (Lipinski definition) is 1. The minimum atomic E-state index is 0.235. The summed E-state index contributed by atoms with van der Waals surface area (Å²) in [5, 5.41) is 9.59. The fourth-order valence-electron chi connectivity index (χ4n) is 2.35. The highest BCUT2D eigenvalue weighted by Gasteiger charge is 2.24. The number of thiophene rings is 1. The van der Waals surface area contributed by atoms with Gasteiger partial charge in [-0.05, 0) is 36.8 Å². The molecule has 0 radical (unpaired) electrons. The van der Waals surface area contributed by atoms with Gasteiger partial charge in [-0.1, -0.05) is 18.1 Å². The zero-order valence-corrected chi connectivity index (χ0v) is 11.2. The number of rotatable bonds is 3. The van der Waals surface area contributed by atoms with Gasteiger partial charge < -0.3 is 9.84 Å². The summed E-state index contributed by atoms with van der Waals surface area (Å²) in [4.78, 5) is 5.78. The molecule has 2 aromatic heterocycles. The lowest BCUT2D eigenvalue weighted by atomic mass is 9.94. The minimum absolute atomic E-state index is 0.235. The average molecular weight is 263 g/mol. The quantitative estimate of drug-likeness (QED) is 0.925. The molecule has 1 fully saturated rings. The van der Waals surface area contributed by atoms with Crippen LogP contribution >= 0.6 is 11.3 Å². The summed E-state index contributed by atoms with van der Waals surface area (Å²) in [6.07, 6.45) is 3.08. The topological polar surface area (TPSA) is 51.0 Å². The third-order valence-electron chi connectivity index (χ3n) is 3.36. The van der Waals surface area contributed by atoms with Gasteiger partial charge in [-0.15, -0.1) is 11.3 Å². The van der Waals surface area contributed by atoms with Crippen LogP contribution in [0.5, 0.6) is 0 Å². The van der Waals surface area contributed by atoms with Gasteiger partial charge in [0.15, 0.2) is 5.82 Å². The first-order valence-corrected chi connectivity index (χ1v) is 7.27. The third-order valence-corrected chi connectivity index (χ3v) is 4.24. The molecule has 2 atom stereocenters. The van der Waals surface area contributed by atoms with Crippen LogP contribution in [0.15, 0.2) is 22.0 Å². The maximum atomic E-state index is 5.38. The number of nitrogens with one attached hydrogen (secondary N) is 1. The van der Waals surface area contributed by atoms with E-state index in [0.717, 1.165) is 37.0 Å². The molecule has 1 aliphatic rings. The second-order valence-electron chi connectivity index (χ2n) is 4.94. The lowest BCUT2D eigenvalue weighted by molar-refractivity contribution is 0.259. The van der Waals surface area contributed by atoms with Gasteiger partial charge in [0.05, 0.1) is 6.04 Å². The Balaban J connectivity index is 1.69. The molecule has 1 N–H and O–H groups in total. The Kier molecular flexibility index (Phi) is 3.43. The molecule has 5 heteroatoms. The summed E-state index contributed by atoms with van der Waals surface area (Å²) in [6.45, 7) is 3.31. The molecule has 1 saturated heterocycles. The van der Waals surface area contributed by atoms with Gasteiger partial charge in [0.1, 0.15) is 0 Å². The normalized spacial score (nSPS) is 24.3. The molecule has 0 bridgehead atoms. The number of piperidine rings is 1. The van der Waals surface area contributed by atoms with Crippen LogP contribution in [-0.4, -0.2) is 16.7 Å². The predicted octanol–water partition coefficient (Wildman–Crippen LogP) is 2.78. The zero-order chi connectivity index (χ0) is 12.4. The fourth-order valence-corrected chi connectivity index (χ4v) is 3.05. The van der Waals surface area contributed by atoms with Crippen LogP contribution in [0.25, 0.3) is 0 Å². The van der Waals surface area contributed by atoms with Crippen molar-refractivity contribution < 1.29 is 4.52 Å². The molecule has 0 aliphatic carbocycles. The van der Waals surface area contributed by atoms with Crippen LogP contribution in [0.3, 0.4) is 0 Å². The molecule has 18 heavy (non-hydrogen) atoms. The van der Waals surface area contributed by atoms with E-state index >= 15 is 0 Å². The van der Waals surface area contributed by atoms with Crippen LogP contribution in [0, 0.1) is 5.92 Å². The molecule has 4 nitrogen and oxygen atoms in total. The molecule has 96 valence electrons. The van der Waals surface area contributed by atoms with Gasteiger partial charge in [-0.25, -0.2) is 0 Å². The third kappa shape index (κ3) is 2.62. The van der Waals surface area contributed by atoms with Gasteiger partial charge >= 0.3 is 0 Å². The second kappa shape index (κ2) is 5.20. The van der Waals surface area contributed by atoms with Gasteiger partial charge in [0.2, 0.25) is 5.89 Å². The molecule has 0 aromatic carbocycles. The van der Waals surface area contributed by atoms with Crippen molar-refractivity contribution in [3.05, 3.63) is 34.1 Å². The fraction of sp³-hybridized carbons (Fsp3) is 0.538. The van der Waals surface area contributed by atoms with Crippen molar-refractivity contribution in [3.8, 4) is 0 Å². The molecule has 0 amide bonds. The van der Waals surface area contributed by atoms with Gasteiger partial charge in [0.25, 0.3) is 0 Å². The summed E-state index contributed by atoms with van der Waals surface area (Å²) < 4.78 is 5.38. The highest BCUT2D eigenvalue weighted by atomic mass is 32.1. The van der Waals surface area contributed by atoms with E-state index in [0.29, 0.717) is 0 Å². The minimum Gasteiger partial charge on any atom is -0.338 e.